The van der Waals surface area contributed by atoms with Gasteiger partial charge in [-0.1, -0.05) is 0 Å². The second kappa shape index (κ2) is 6.85. The fraction of sp³-hybridized carbons (Fsp3) is 0.273. The van der Waals surface area contributed by atoms with E-state index >= 15 is 0 Å². The number of hydrogen-bond acceptors (Lipinski definition) is 3. The fourth-order valence-corrected chi connectivity index (χ4v) is 1.94. The zero-order valence-electron chi connectivity index (χ0n) is 10.2. The molecule has 1 aromatic carbocycles. The molecule has 5 N–H and O–H groups in total. The number of methoxy groups -OCH3 is 1. The highest BCUT2D eigenvalue weighted by Gasteiger charge is 2.11. The third-order valence-corrected chi connectivity index (χ3v) is 2.55. The minimum absolute atomic E-state index is 0.0381. The largest absolute Gasteiger partial charge is 0.492 e. The predicted octanol–water partition coefficient (Wildman–Crippen LogP) is -0.456. The summed E-state index contributed by atoms with van der Waals surface area (Å²) in [4.78, 5) is 0. The number of rotatable bonds is 5. The van der Waals surface area contributed by atoms with E-state index in [0.29, 0.717) is 18.1 Å². The lowest BCUT2D eigenvalue weighted by molar-refractivity contribution is -0.456. The van der Waals surface area contributed by atoms with E-state index in [4.69, 9.17) is 20.9 Å². The monoisotopic (exact) mass is 315 g/mol. The van der Waals surface area contributed by atoms with Gasteiger partial charge in [-0.3, -0.25) is 0 Å². The zero-order chi connectivity index (χ0) is 13.5. The highest BCUT2D eigenvalue weighted by atomic mass is 79.9. The minimum atomic E-state index is -0.0381. The van der Waals surface area contributed by atoms with E-state index in [2.05, 4.69) is 26.1 Å². The molecule has 0 fully saturated rings. The van der Waals surface area contributed by atoms with E-state index in [1.807, 2.05) is 19.1 Å². The number of nitrogens with two attached hydrogens (primary N) is 2. The molecule has 0 aliphatic rings. The van der Waals surface area contributed by atoms with Gasteiger partial charge in [0.05, 0.1) is 18.2 Å². The van der Waals surface area contributed by atoms with Crippen molar-refractivity contribution in [1.29, 1.82) is 0 Å². The smallest absolute Gasteiger partial charge is 0.256 e. The number of benzene rings is 1. The van der Waals surface area contributed by atoms with Crippen LogP contribution in [0.25, 0.3) is 0 Å². The van der Waals surface area contributed by atoms with Crippen molar-refractivity contribution in [1.82, 2.24) is 0 Å². The van der Waals surface area contributed by atoms with E-state index < -0.39 is 0 Å². The molecule has 0 aliphatic heterocycles. The Kier molecular flexibility index (Phi) is 5.44. The topological polar surface area (TPSA) is 96.8 Å². The maximum Gasteiger partial charge on any atom is 0.256 e. The van der Waals surface area contributed by atoms with Crippen molar-refractivity contribution < 1.29 is 14.6 Å². The minimum Gasteiger partial charge on any atom is -0.492 e. The molecule has 6 nitrogen and oxygen atoms in total. The highest BCUT2D eigenvalue weighted by molar-refractivity contribution is 9.10. The fourth-order valence-electron chi connectivity index (χ4n) is 1.31. The van der Waals surface area contributed by atoms with Gasteiger partial charge in [0, 0.05) is 10.7 Å². The first-order valence-corrected chi connectivity index (χ1v) is 6.05. The van der Waals surface area contributed by atoms with Gasteiger partial charge in [0.2, 0.25) is 6.21 Å². The van der Waals surface area contributed by atoms with Crippen molar-refractivity contribution >= 4 is 28.1 Å². The molecular formula is C11H16BrN4O2+. The summed E-state index contributed by atoms with van der Waals surface area (Å²) in [5, 5.41) is 6.28. The molecule has 0 heterocycles. The van der Waals surface area contributed by atoms with Crippen molar-refractivity contribution in [3.05, 3.63) is 22.2 Å². The maximum atomic E-state index is 5.49. The molecule has 0 saturated heterocycles. The van der Waals surface area contributed by atoms with Crippen molar-refractivity contribution in [2.24, 2.45) is 16.6 Å². The summed E-state index contributed by atoms with van der Waals surface area (Å²) in [6, 6.07) is 3.68. The second-order valence-electron chi connectivity index (χ2n) is 3.28. The van der Waals surface area contributed by atoms with E-state index in [0.717, 1.165) is 10.0 Å². The summed E-state index contributed by atoms with van der Waals surface area (Å²) < 4.78 is 11.5. The van der Waals surface area contributed by atoms with Gasteiger partial charge < -0.3 is 20.9 Å². The first-order valence-electron chi connectivity index (χ1n) is 5.26. The lowest BCUT2D eigenvalue weighted by Gasteiger charge is -2.11. The number of nitrogens with zero attached hydrogens (tertiary/aromatic N) is 1. The summed E-state index contributed by atoms with van der Waals surface area (Å²) in [5.74, 6) is 1.26. The predicted molar refractivity (Wildman–Crippen MR) is 73.8 cm³/mol. The van der Waals surface area contributed by atoms with Gasteiger partial charge in [0.15, 0.2) is 11.5 Å². The van der Waals surface area contributed by atoms with Crippen molar-refractivity contribution in [3.8, 4) is 11.5 Å². The average molecular weight is 316 g/mol. The van der Waals surface area contributed by atoms with Crippen LogP contribution in [0.2, 0.25) is 0 Å². The van der Waals surface area contributed by atoms with Gasteiger partial charge in [-0.2, -0.15) is 0 Å². The van der Waals surface area contributed by atoms with Crippen molar-refractivity contribution in [3.63, 3.8) is 0 Å². The zero-order valence-corrected chi connectivity index (χ0v) is 11.8. The Morgan fingerprint density at radius 1 is 1.50 bits per heavy atom. The number of halogens is 1. The number of nitrogens with one attached hydrogen (secondary N) is 1. The molecule has 0 atom stereocenters. The molecule has 98 valence electrons. The first kappa shape index (κ1) is 14.3. The van der Waals surface area contributed by atoms with Gasteiger partial charge in [-0.05, 0) is 35.0 Å². The summed E-state index contributed by atoms with van der Waals surface area (Å²) in [6.45, 7) is 2.45. The third-order valence-electron chi connectivity index (χ3n) is 1.96. The molecule has 0 radical (unpaired) electrons. The van der Waals surface area contributed by atoms with Gasteiger partial charge in [-0.15, -0.1) is 5.10 Å². The lowest BCUT2D eigenvalue weighted by Crippen LogP contribution is -2.63. The molecule has 0 unspecified atom stereocenters. The van der Waals surface area contributed by atoms with Crippen LogP contribution in [0.3, 0.4) is 0 Å². The highest BCUT2D eigenvalue weighted by Crippen LogP contribution is 2.35. The molecule has 0 bridgehead atoms. The van der Waals surface area contributed by atoms with Crippen LogP contribution in [0, 0.1) is 0 Å². The van der Waals surface area contributed by atoms with Crippen LogP contribution >= 0.6 is 15.9 Å². The third kappa shape index (κ3) is 3.92. The van der Waals surface area contributed by atoms with Crippen LogP contribution in [0.1, 0.15) is 12.5 Å². The molecule has 0 amide bonds. The SMILES string of the molecule is CCOc1cc(/C=[NH+]/N=C(N)N)cc(Br)c1OC. The number of hydrazone groups is 1. The molecule has 0 saturated carbocycles. The molecule has 1 aromatic rings. The van der Waals surface area contributed by atoms with Crippen LogP contribution in [0.4, 0.5) is 0 Å². The molecule has 18 heavy (non-hydrogen) atoms. The van der Waals surface area contributed by atoms with E-state index in [-0.39, 0.29) is 5.96 Å². The average Bonchev–Trinajstić information content (AvgIpc) is 2.28. The van der Waals surface area contributed by atoms with Gasteiger partial charge in [0.25, 0.3) is 5.96 Å². The Morgan fingerprint density at radius 3 is 2.78 bits per heavy atom. The number of ether oxygens (including phenoxy) is 2. The number of hydrogen-bond donors (Lipinski definition) is 3. The van der Waals surface area contributed by atoms with E-state index in [1.54, 1.807) is 13.3 Å². The Balaban J connectivity index is 3.08. The van der Waals surface area contributed by atoms with Crippen LogP contribution in [0.15, 0.2) is 21.7 Å². The first-order chi connectivity index (χ1) is 8.58. The number of guanidine groups is 1. The van der Waals surface area contributed by atoms with Gasteiger partial charge in [0.1, 0.15) is 0 Å². The normalized spacial score (nSPS) is 10.4. The molecule has 0 aliphatic carbocycles. The maximum absolute atomic E-state index is 5.49. The molecular weight excluding hydrogens is 300 g/mol. The summed E-state index contributed by atoms with van der Waals surface area (Å²) in [7, 11) is 1.59. The van der Waals surface area contributed by atoms with E-state index in [9.17, 15) is 0 Å². The Hall–Kier alpha value is -1.76. The van der Waals surface area contributed by atoms with Crippen LogP contribution in [-0.2, 0) is 0 Å². The van der Waals surface area contributed by atoms with Crippen molar-refractivity contribution in [2.45, 2.75) is 6.92 Å². The van der Waals surface area contributed by atoms with Crippen LogP contribution in [0.5, 0.6) is 11.5 Å². The van der Waals surface area contributed by atoms with Gasteiger partial charge >= 0.3 is 0 Å². The van der Waals surface area contributed by atoms with E-state index in [1.165, 1.54) is 0 Å². The summed E-state index contributed by atoms with van der Waals surface area (Å²) in [6.07, 6.45) is 1.65. The second-order valence-corrected chi connectivity index (χ2v) is 4.13. The lowest BCUT2D eigenvalue weighted by atomic mass is 10.2. The van der Waals surface area contributed by atoms with Gasteiger partial charge in [-0.25, -0.2) is 0 Å². The quantitative estimate of drug-likeness (QED) is 0.389. The Bertz CT molecular complexity index is 470. The Labute approximate surface area is 114 Å². The van der Waals surface area contributed by atoms with Crippen molar-refractivity contribution in [2.75, 3.05) is 13.7 Å². The summed E-state index contributed by atoms with van der Waals surface area (Å²) in [5.41, 5.74) is 11.2. The van der Waals surface area contributed by atoms with Crippen LogP contribution in [-0.4, -0.2) is 25.9 Å². The summed E-state index contributed by atoms with van der Waals surface area (Å²) >= 11 is 3.41. The molecule has 0 aromatic heterocycles. The molecule has 1 rings (SSSR count). The molecule has 7 heteroatoms. The van der Waals surface area contributed by atoms with Crippen LogP contribution < -0.4 is 26.0 Å². The standard InChI is InChI=1S/C11H15BrN4O2/c1-3-18-9-5-7(6-15-16-11(13)14)4-8(12)10(9)17-2/h4-6H,3H2,1-2H3,(H4,13,14,16)/p+1/b15-6+. The molecule has 0 spiro atoms. The Morgan fingerprint density at radius 2 is 2.22 bits per heavy atom.